The van der Waals surface area contributed by atoms with Crippen LogP contribution in [0.4, 0.5) is 0 Å². The Bertz CT molecular complexity index is 2700. The highest BCUT2D eigenvalue weighted by atomic mass is 14.2. The molecule has 0 radical (unpaired) electrons. The molecule has 0 aliphatic rings. The first-order valence-corrected chi connectivity index (χ1v) is 16.0. The van der Waals surface area contributed by atoms with Gasteiger partial charge in [-0.15, -0.1) is 0 Å². The van der Waals surface area contributed by atoms with E-state index in [1.165, 1.54) is 98.0 Å². The van der Waals surface area contributed by atoms with Crippen LogP contribution in [0.1, 0.15) is 0 Å². The van der Waals surface area contributed by atoms with Crippen molar-refractivity contribution < 1.29 is 0 Å². The molecule has 0 saturated heterocycles. The maximum Gasteiger partial charge on any atom is -0.00206 e. The summed E-state index contributed by atoms with van der Waals surface area (Å²) in [6.45, 7) is 0. The molecule has 0 unspecified atom stereocenters. The summed E-state index contributed by atoms with van der Waals surface area (Å²) in [7, 11) is 0. The Labute approximate surface area is 267 Å². The van der Waals surface area contributed by atoms with Gasteiger partial charge in [-0.25, -0.2) is 0 Å². The minimum atomic E-state index is 1.24. The molecule has 10 aromatic carbocycles. The quantitative estimate of drug-likeness (QED) is 0.182. The second kappa shape index (κ2) is 9.76. The highest BCUT2D eigenvalue weighted by molar-refractivity contribution is 6.26. The molecule has 0 heteroatoms. The van der Waals surface area contributed by atoms with E-state index in [0.29, 0.717) is 0 Å². The Hall–Kier alpha value is -5.98. The standard InChI is InChI=1S/C46H28/c1-3-9-34-27-36(19-15-29(34)7-1)38-13-6-14-42-41(26-25-39(46(38)42)37-20-16-30-8-2-4-10-35(30)28-37)40-23-21-33-18-17-31-11-5-12-32-22-24-43(40)45(33)44(31)32/h1-28H. The SMILES string of the molecule is c1ccc2cc(-c3cccc4c(-c5ccc6ccc7cccc8ccc5c6c78)ccc(-c5ccc6ccccc6c5)c34)ccc2c1. The lowest BCUT2D eigenvalue weighted by molar-refractivity contribution is 1.64. The van der Waals surface area contributed by atoms with Crippen molar-refractivity contribution in [2.24, 2.45) is 0 Å². The summed E-state index contributed by atoms with van der Waals surface area (Å²) in [5, 5.41) is 15.5. The number of benzene rings is 10. The van der Waals surface area contributed by atoms with Crippen LogP contribution in [0, 0.1) is 0 Å². The van der Waals surface area contributed by atoms with Gasteiger partial charge in [0.1, 0.15) is 0 Å². The lowest BCUT2D eigenvalue weighted by Gasteiger charge is -2.19. The molecule has 0 aliphatic heterocycles. The summed E-state index contributed by atoms with van der Waals surface area (Å²) in [6.07, 6.45) is 0. The van der Waals surface area contributed by atoms with Crippen LogP contribution in [0.3, 0.4) is 0 Å². The summed E-state index contributed by atoms with van der Waals surface area (Å²) in [6, 6.07) is 63.0. The Morgan fingerprint density at radius 1 is 0.217 bits per heavy atom. The van der Waals surface area contributed by atoms with E-state index >= 15 is 0 Å². The highest BCUT2D eigenvalue weighted by Crippen LogP contribution is 2.45. The van der Waals surface area contributed by atoms with Crippen molar-refractivity contribution in [3.63, 3.8) is 0 Å². The Morgan fingerprint density at radius 2 is 0.652 bits per heavy atom. The highest BCUT2D eigenvalue weighted by Gasteiger charge is 2.18. The van der Waals surface area contributed by atoms with E-state index in [9.17, 15) is 0 Å². The number of fused-ring (bicyclic) bond motifs is 3. The first-order chi connectivity index (χ1) is 22.8. The van der Waals surface area contributed by atoms with Crippen molar-refractivity contribution in [1.29, 1.82) is 0 Å². The van der Waals surface area contributed by atoms with Gasteiger partial charge in [-0.05, 0) is 110 Å². The molecule has 0 aromatic heterocycles. The molecule has 10 aromatic rings. The molecule has 0 fully saturated rings. The average molecular weight is 581 g/mol. The van der Waals surface area contributed by atoms with Crippen LogP contribution < -0.4 is 0 Å². The van der Waals surface area contributed by atoms with Crippen LogP contribution in [-0.2, 0) is 0 Å². The van der Waals surface area contributed by atoms with Gasteiger partial charge in [-0.1, -0.05) is 158 Å². The predicted octanol–water partition coefficient (Wildman–Crippen LogP) is 13.0. The third-order valence-corrected chi connectivity index (χ3v) is 9.98. The topological polar surface area (TPSA) is 0 Å². The van der Waals surface area contributed by atoms with Gasteiger partial charge in [0.15, 0.2) is 0 Å². The van der Waals surface area contributed by atoms with E-state index in [1.54, 1.807) is 0 Å². The lowest BCUT2D eigenvalue weighted by atomic mass is 9.84. The minimum Gasteiger partial charge on any atom is -0.0616 e. The van der Waals surface area contributed by atoms with Crippen LogP contribution in [0.5, 0.6) is 0 Å². The van der Waals surface area contributed by atoms with Crippen LogP contribution in [-0.4, -0.2) is 0 Å². The molecule has 0 atom stereocenters. The maximum absolute atomic E-state index is 2.35. The first-order valence-electron chi connectivity index (χ1n) is 16.0. The number of rotatable bonds is 3. The summed E-state index contributed by atoms with van der Waals surface area (Å²) < 4.78 is 0. The van der Waals surface area contributed by atoms with E-state index in [-0.39, 0.29) is 0 Å². The van der Waals surface area contributed by atoms with Crippen LogP contribution in [0.2, 0.25) is 0 Å². The summed E-state index contributed by atoms with van der Waals surface area (Å²) in [5.74, 6) is 0. The fourth-order valence-electron chi connectivity index (χ4n) is 7.81. The van der Waals surface area contributed by atoms with Crippen molar-refractivity contribution in [1.82, 2.24) is 0 Å². The Kier molecular flexibility index (Phi) is 5.38. The molecular formula is C46H28. The van der Waals surface area contributed by atoms with E-state index in [4.69, 9.17) is 0 Å². The van der Waals surface area contributed by atoms with Gasteiger partial charge < -0.3 is 0 Å². The largest absolute Gasteiger partial charge is 0.0616 e. The zero-order valence-corrected chi connectivity index (χ0v) is 25.2. The summed E-state index contributed by atoms with van der Waals surface area (Å²) in [4.78, 5) is 0. The van der Waals surface area contributed by atoms with Gasteiger partial charge in [0.25, 0.3) is 0 Å². The van der Waals surface area contributed by atoms with E-state index in [0.717, 1.165) is 0 Å². The van der Waals surface area contributed by atoms with Crippen LogP contribution >= 0.6 is 0 Å². The summed E-state index contributed by atoms with van der Waals surface area (Å²) in [5.41, 5.74) is 7.52. The van der Waals surface area contributed by atoms with Crippen LogP contribution in [0.25, 0.3) is 98.0 Å². The Balaban J connectivity index is 1.30. The smallest absolute Gasteiger partial charge is 0.00206 e. The molecule has 10 rings (SSSR count). The van der Waals surface area contributed by atoms with Crippen molar-refractivity contribution in [2.75, 3.05) is 0 Å². The van der Waals surface area contributed by atoms with Crippen LogP contribution in [0.15, 0.2) is 170 Å². The number of hydrogen-bond donors (Lipinski definition) is 0. The molecule has 0 saturated carbocycles. The molecular weight excluding hydrogens is 553 g/mol. The number of hydrogen-bond acceptors (Lipinski definition) is 0. The molecule has 0 heterocycles. The van der Waals surface area contributed by atoms with Gasteiger partial charge in [0.05, 0.1) is 0 Å². The third kappa shape index (κ3) is 3.74. The zero-order chi connectivity index (χ0) is 30.2. The van der Waals surface area contributed by atoms with Gasteiger partial charge in [0, 0.05) is 0 Å². The summed E-state index contributed by atoms with van der Waals surface area (Å²) >= 11 is 0. The average Bonchev–Trinajstić information content (AvgIpc) is 3.13. The molecule has 0 aliphatic carbocycles. The Morgan fingerprint density at radius 3 is 1.33 bits per heavy atom. The zero-order valence-electron chi connectivity index (χ0n) is 25.2. The molecule has 46 heavy (non-hydrogen) atoms. The normalized spacial score (nSPS) is 11.9. The minimum absolute atomic E-state index is 1.24. The monoisotopic (exact) mass is 580 g/mol. The van der Waals surface area contributed by atoms with E-state index in [1.807, 2.05) is 0 Å². The third-order valence-electron chi connectivity index (χ3n) is 9.98. The van der Waals surface area contributed by atoms with Crippen molar-refractivity contribution in [3.05, 3.63) is 170 Å². The van der Waals surface area contributed by atoms with Gasteiger partial charge in [-0.2, -0.15) is 0 Å². The molecule has 0 spiro atoms. The lowest BCUT2D eigenvalue weighted by Crippen LogP contribution is -1.92. The predicted molar refractivity (Wildman–Crippen MR) is 199 cm³/mol. The maximum atomic E-state index is 2.35. The van der Waals surface area contributed by atoms with E-state index in [2.05, 4.69) is 170 Å². The van der Waals surface area contributed by atoms with E-state index < -0.39 is 0 Å². The second-order valence-electron chi connectivity index (χ2n) is 12.5. The second-order valence-corrected chi connectivity index (χ2v) is 12.5. The molecule has 0 bridgehead atoms. The van der Waals surface area contributed by atoms with Crippen molar-refractivity contribution in [2.45, 2.75) is 0 Å². The van der Waals surface area contributed by atoms with Crippen molar-refractivity contribution in [3.8, 4) is 33.4 Å². The van der Waals surface area contributed by atoms with Gasteiger partial charge in [-0.3, -0.25) is 0 Å². The van der Waals surface area contributed by atoms with Gasteiger partial charge in [0.2, 0.25) is 0 Å². The molecule has 212 valence electrons. The first kappa shape index (κ1) is 25.4. The molecule has 0 nitrogen and oxygen atoms in total. The fourth-order valence-corrected chi connectivity index (χ4v) is 7.81. The van der Waals surface area contributed by atoms with Crippen molar-refractivity contribution >= 4 is 64.6 Å². The van der Waals surface area contributed by atoms with Gasteiger partial charge >= 0.3 is 0 Å². The fraction of sp³-hybridized carbons (Fsp3) is 0. The molecule has 0 N–H and O–H groups in total. The molecule has 0 amide bonds.